The molecule has 0 fully saturated rings. The van der Waals surface area contributed by atoms with Gasteiger partial charge in [-0.2, -0.15) is 5.10 Å². The second-order valence-corrected chi connectivity index (χ2v) is 5.42. The van der Waals surface area contributed by atoms with Gasteiger partial charge < -0.3 is 14.6 Å². The lowest BCUT2D eigenvalue weighted by Crippen LogP contribution is -2.24. The highest BCUT2D eigenvalue weighted by atomic mass is 16.5. The van der Waals surface area contributed by atoms with E-state index in [0.29, 0.717) is 12.3 Å². The number of aromatic nitrogens is 1. The topological polar surface area (TPSA) is 67.7 Å². The molecule has 2 amide bonds. The zero-order chi connectivity index (χ0) is 18.2. The van der Waals surface area contributed by atoms with E-state index in [1.807, 2.05) is 60.2 Å². The molecule has 0 radical (unpaired) electrons. The van der Waals surface area contributed by atoms with E-state index in [-0.39, 0.29) is 0 Å². The van der Waals surface area contributed by atoms with Crippen LogP contribution in [0.2, 0.25) is 0 Å². The van der Waals surface area contributed by atoms with Crippen LogP contribution in [0.5, 0.6) is 5.75 Å². The molecule has 2 N–H and O–H groups in total. The van der Waals surface area contributed by atoms with Crippen LogP contribution >= 0.6 is 0 Å². The standard InChI is InChI=1S/C20H20N4O2/c1-2-26-19-12-10-16(11-13-19)22-20(25)23-21-15-18-9-6-14-24(18)17-7-4-3-5-8-17/h3-15H,2H2,1H3,(H2,22,23,25)/b21-15+. The first-order valence-corrected chi connectivity index (χ1v) is 8.32. The van der Waals surface area contributed by atoms with E-state index in [0.717, 1.165) is 17.1 Å². The second-order valence-electron chi connectivity index (χ2n) is 5.42. The Balaban J connectivity index is 1.57. The quantitative estimate of drug-likeness (QED) is 0.522. The third-order valence-corrected chi connectivity index (χ3v) is 3.60. The van der Waals surface area contributed by atoms with Crippen molar-refractivity contribution in [2.24, 2.45) is 5.10 Å². The van der Waals surface area contributed by atoms with E-state index in [4.69, 9.17) is 4.74 Å². The molecule has 0 aliphatic carbocycles. The van der Waals surface area contributed by atoms with Crippen molar-refractivity contribution in [1.82, 2.24) is 9.99 Å². The summed E-state index contributed by atoms with van der Waals surface area (Å²) in [5.74, 6) is 0.762. The molecule has 1 aromatic heterocycles. The first-order valence-electron chi connectivity index (χ1n) is 8.32. The molecule has 0 saturated carbocycles. The zero-order valence-electron chi connectivity index (χ0n) is 14.4. The maximum absolute atomic E-state index is 11.9. The Morgan fingerprint density at radius 1 is 1.08 bits per heavy atom. The normalized spacial score (nSPS) is 10.7. The molecular formula is C20H20N4O2. The summed E-state index contributed by atoms with van der Waals surface area (Å²) in [5, 5.41) is 6.72. The Morgan fingerprint density at radius 3 is 2.58 bits per heavy atom. The van der Waals surface area contributed by atoms with Crippen molar-refractivity contribution in [3.63, 3.8) is 0 Å². The van der Waals surface area contributed by atoms with Gasteiger partial charge in [-0.3, -0.25) is 0 Å². The number of rotatable bonds is 6. The number of anilines is 1. The molecule has 0 bridgehead atoms. The van der Waals surface area contributed by atoms with Gasteiger partial charge in [0.15, 0.2) is 0 Å². The van der Waals surface area contributed by atoms with E-state index in [2.05, 4.69) is 15.8 Å². The van der Waals surface area contributed by atoms with Gasteiger partial charge in [0.2, 0.25) is 0 Å². The minimum Gasteiger partial charge on any atom is -0.494 e. The van der Waals surface area contributed by atoms with E-state index < -0.39 is 6.03 Å². The van der Waals surface area contributed by atoms with Crippen LogP contribution in [0.4, 0.5) is 10.5 Å². The third kappa shape index (κ3) is 4.51. The lowest BCUT2D eigenvalue weighted by Gasteiger charge is -2.07. The summed E-state index contributed by atoms with van der Waals surface area (Å²) in [4.78, 5) is 11.9. The van der Waals surface area contributed by atoms with E-state index in [1.165, 1.54) is 0 Å². The molecule has 0 aliphatic rings. The molecule has 0 unspecified atom stereocenters. The van der Waals surface area contributed by atoms with Gasteiger partial charge in [-0.25, -0.2) is 10.2 Å². The Hall–Kier alpha value is -3.54. The van der Waals surface area contributed by atoms with E-state index >= 15 is 0 Å². The van der Waals surface area contributed by atoms with Crippen LogP contribution in [0.3, 0.4) is 0 Å². The Labute approximate surface area is 152 Å². The molecule has 2 aromatic carbocycles. The maximum atomic E-state index is 11.9. The summed E-state index contributed by atoms with van der Waals surface area (Å²) in [5.41, 5.74) is 5.01. The highest BCUT2D eigenvalue weighted by molar-refractivity contribution is 5.90. The van der Waals surface area contributed by atoms with Crippen molar-refractivity contribution in [3.8, 4) is 11.4 Å². The second kappa shape index (κ2) is 8.53. The fourth-order valence-corrected chi connectivity index (χ4v) is 2.44. The van der Waals surface area contributed by atoms with Crippen molar-refractivity contribution in [3.05, 3.63) is 78.6 Å². The number of nitrogens with zero attached hydrogens (tertiary/aromatic N) is 2. The van der Waals surface area contributed by atoms with Gasteiger partial charge in [0.25, 0.3) is 0 Å². The lowest BCUT2D eigenvalue weighted by molar-refractivity contribution is 0.252. The summed E-state index contributed by atoms with van der Waals surface area (Å²) in [7, 11) is 0. The largest absolute Gasteiger partial charge is 0.494 e. The van der Waals surface area contributed by atoms with Crippen LogP contribution in [-0.4, -0.2) is 23.4 Å². The Bertz CT molecular complexity index is 870. The fourth-order valence-electron chi connectivity index (χ4n) is 2.44. The third-order valence-electron chi connectivity index (χ3n) is 3.60. The smallest absolute Gasteiger partial charge is 0.339 e. The number of hydrazone groups is 1. The summed E-state index contributed by atoms with van der Waals surface area (Å²) >= 11 is 0. The van der Waals surface area contributed by atoms with Crippen LogP contribution in [0.15, 0.2) is 78.0 Å². The van der Waals surface area contributed by atoms with Crippen molar-refractivity contribution >= 4 is 17.9 Å². The van der Waals surface area contributed by atoms with Gasteiger partial charge in [0, 0.05) is 17.6 Å². The number of hydrogen-bond donors (Lipinski definition) is 2. The molecule has 6 heteroatoms. The van der Waals surface area contributed by atoms with Crippen molar-refractivity contribution < 1.29 is 9.53 Å². The molecule has 132 valence electrons. The number of amides is 2. The Kier molecular flexibility index (Phi) is 5.67. The van der Waals surface area contributed by atoms with Crippen LogP contribution in [0, 0.1) is 0 Å². The number of para-hydroxylation sites is 1. The van der Waals surface area contributed by atoms with Crippen molar-refractivity contribution in [1.29, 1.82) is 0 Å². The molecule has 0 atom stereocenters. The molecule has 0 spiro atoms. The van der Waals surface area contributed by atoms with Gasteiger partial charge >= 0.3 is 6.03 Å². The van der Waals surface area contributed by atoms with Crippen molar-refractivity contribution in [2.75, 3.05) is 11.9 Å². The monoisotopic (exact) mass is 348 g/mol. The maximum Gasteiger partial charge on any atom is 0.339 e. The minimum absolute atomic E-state index is 0.414. The summed E-state index contributed by atoms with van der Waals surface area (Å²) in [6.45, 7) is 2.53. The van der Waals surface area contributed by atoms with Crippen LogP contribution in [0.1, 0.15) is 12.6 Å². The molecule has 0 aliphatic heterocycles. The number of carbonyl (C=O) groups is 1. The molecule has 26 heavy (non-hydrogen) atoms. The molecule has 3 aromatic rings. The van der Waals surface area contributed by atoms with Gasteiger partial charge in [0.05, 0.1) is 18.5 Å². The predicted molar refractivity (Wildman–Crippen MR) is 103 cm³/mol. The van der Waals surface area contributed by atoms with Gasteiger partial charge in [-0.1, -0.05) is 18.2 Å². The van der Waals surface area contributed by atoms with Crippen LogP contribution in [0.25, 0.3) is 5.69 Å². The summed E-state index contributed by atoms with van der Waals surface area (Å²) in [6, 6.07) is 20.5. The van der Waals surface area contributed by atoms with Gasteiger partial charge in [0.1, 0.15) is 5.75 Å². The highest BCUT2D eigenvalue weighted by Gasteiger charge is 2.02. The van der Waals surface area contributed by atoms with E-state index in [9.17, 15) is 4.79 Å². The van der Waals surface area contributed by atoms with Crippen molar-refractivity contribution in [2.45, 2.75) is 6.92 Å². The van der Waals surface area contributed by atoms with Crippen LogP contribution in [-0.2, 0) is 0 Å². The number of hydrogen-bond acceptors (Lipinski definition) is 3. The number of carbonyl (C=O) groups excluding carboxylic acids is 1. The fraction of sp³-hybridized carbons (Fsp3) is 0.100. The number of nitrogens with one attached hydrogen (secondary N) is 2. The van der Waals surface area contributed by atoms with Crippen LogP contribution < -0.4 is 15.5 Å². The molecule has 3 rings (SSSR count). The summed E-state index contributed by atoms with van der Waals surface area (Å²) < 4.78 is 7.35. The minimum atomic E-state index is -0.414. The van der Waals surface area contributed by atoms with Gasteiger partial charge in [-0.15, -0.1) is 0 Å². The molecular weight excluding hydrogens is 328 g/mol. The predicted octanol–water partition coefficient (Wildman–Crippen LogP) is 4.03. The number of ether oxygens (including phenoxy) is 1. The summed E-state index contributed by atoms with van der Waals surface area (Å²) in [6.07, 6.45) is 3.54. The van der Waals surface area contributed by atoms with E-state index in [1.54, 1.807) is 30.5 Å². The lowest BCUT2D eigenvalue weighted by atomic mass is 10.3. The number of urea groups is 1. The average molecular weight is 348 g/mol. The first-order chi connectivity index (χ1) is 12.8. The number of benzene rings is 2. The molecule has 1 heterocycles. The molecule has 0 saturated heterocycles. The van der Waals surface area contributed by atoms with Gasteiger partial charge in [-0.05, 0) is 55.5 Å². The Morgan fingerprint density at radius 2 is 1.85 bits per heavy atom. The first kappa shape index (κ1) is 17.3. The zero-order valence-corrected chi connectivity index (χ0v) is 14.4. The molecule has 6 nitrogen and oxygen atoms in total. The highest BCUT2D eigenvalue weighted by Crippen LogP contribution is 2.15. The SMILES string of the molecule is CCOc1ccc(NC(=O)N/N=C/c2cccn2-c2ccccc2)cc1. The average Bonchev–Trinajstić information content (AvgIpc) is 3.13.